The van der Waals surface area contributed by atoms with E-state index in [0.29, 0.717) is 12.4 Å². The molecule has 0 aliphatic carbocycles. The van der Waals surface area contributed by atoms with E-state index in [2.05, 4.69) is 9.97 Å². The minimum absolute atomic E-state index is 0.0552. The molecular formula is C27H32N2O5. The molecule has 0 atom stereocenters. The van der Waals surface area contributed by atoms with Crippen LogP contribution in [0.1, 0.15) is 62.4 Å². The number of nitrogens with zero attached hydrogens (tertiary/aromatic N) is 2. The number of ether oxygens (including phenoxy) is 3. The lowest BCUT2D eigenvalue weighted by Crippen LogP contribution is -2.25. The smallest absolute Gasteiger partial charge is 0.361 e. The Morgan fingerprint density at radius 1 is 1.06 bits per heavy atom. The Labute approximate surface area is 200 Å². The van der Waals surface area contributed by atoms with Crippen molar-refractivity contribution in [2.45, 2.75) is 52.6 Å². The van der Waals surface area contributed by atoms with Gasteiger partial charge in [-0.3, -0.25) is 0 Å². The first-order valence-electron chi connectivity index (χ1n) is 11.4. The van der Waals surface area contributed by atoms with Gasteiger partial charge in [0, 0.05) is 6.42 Å². The quantitative estimate of drug-likeness (QED) is 0.326. The molecule has 0 spiro atoms. The number of benzene rings is 2. The number of carbonyl (C=O) groups excluding carboxylic acids is 1. The molecule has 0 aliphatic heterocycles. The van der Waals surface area contributed by atoms with Crippen LogP contribution in [-0.2, 0) is 11.2 Å². The molecule has 0 unspecified atom stereocenters. The van der Waals surface area contributed by atoms with Crippen molar-refractivity contribution in [1.82, 2.24) is 9.97 Å². The van der Waals surface area contributed by atoms with Crippen molar-refractivity contribution in [2.24, 2.45) is 0 Å². The molecule has 7 heteroatoms. The maximum Gasteiger partial charge on any atom is 0.361 e. The standard InChI is InChI=1S/C27H32N2O5/c1-6-7-15-33-24-23(26(31)34-27(2,3)4)28-22(29-25(24)30)17-19-16-20(32-5)13-14-21(19)18-11-9-8-10-12-18/h8-14,16H,6-7,15,17H2,1-5H3,(H,28,29,30). The van der Waals surface area contributed by atoms with Gasteiger partial charge in [-0.2, -0.15) is 4.98 Å². The maximum atomic E-state index is 12.9. The average Bonchev–Trinajstić information content (AvgIpc) is 2.79. The van der Waals surface area contributed by atoms with Crippen LogP contribution in [0.3, 0.4) is 0 Å². The number of aromatic nitrogens is 2. The topological polar surface area (TPSA) is 90.8 Å². The fourth-order valence-electron chi connectivity index (χ4n) is 3.39. The monoisotopic (exact) mass is 464 g/mol. The summed E-state index contributed by atoms with van der Waals surface area (Å²) < 4.78 is 16.6. The van der Waals surface area contributed by atoms with Gasteiger partial charge in [0.25, 0.3) is 5.88 Å². The van der Waals surface area contributed by atoms with Gasteiger partial charge in [0.05, 0.1) is 13.7 Å². The van der Waals surface area contributed by atoms with E-state index in [1.807, 2.05) is 55.5 Å². The van der Waals surface area contributed by atoms with Crippen LogP contribution in [0.5, 0.6) is 17.4 Å². The first-order chi connectivity index (χ1) is 16.2. The highest BCUT2D eigenvalue weighted by Gasteiger charge is 2.27. The maximum absolute atomic E-state index is 12.9. The molecule has 0 amide bonds. The molecule has 0 radical (unpaired) electrons. The van der Waals surface area contributed by atoms with Crippen molar-refractivity contribution < 1.29 is 24.1 Å². The summed E-state index contributed by atoms with van der Waals surface area (Å²) >= 11 is 0. The predicted molar refractivity (Wildman–Crippen MR) is 131 cm³/mol. The van der Waals surface area contributed by atoms with Gasteiger partial charge in [-0.25, -0.2) is 9.78 Å². The van der Waals surface area contributed by atoms with Crippen molar-refractivity contribution in [2.75, 3.05) is 13.7 Å². The predicted octanol–water partition coefficient (Wildman–Crippen LogP) is 5.58. The molecule has 1 N–H and O–H groups in total. The molecule has 3 aromatic rings. The van der Waals surface area contributed by atoms with Gasteiger partial charge >= 0.3 is 5.97 Å². The summed E-state index contributed by atoms with van der Waals surface area (Å²) in [5, 5.41) is 10.7. The van der Waals surface area contributed by atoms with Crippen LogP contribution in [0.25, 0.3) is 11.1 Å². The molecule has 180 valence electrons. The Hall–Kier alpha value is -3.61. The Morgan fingerprint density at radius 3 is 2.44 bits per heavy atom. The van der Waals surface area contributed by atoms with E-state index in [0.717, 1.165) is 29.5 Å². The lowest BCUT2D eigenvalue weighted by molar-refractivity contribution is 0.00570. The summed E-state index contributed by atoms with van der Waals surface area (Å²) in [7, 11) is 1.60. The third-order valence-electron chi connectivity index (χ3n) is 4.98. The van der Waals surface area contributed by atoms with Crippen LogP contribution in [0.15, 0.2) is 48.5 Å². The zero-order valence-corrected chi connectivity index (χ0v) is 20.4. The van der Waals surface area contributed by atoms with Gasteiger partial charge < -0.3 is 19.3 Å². The molecule has 0 aliphatic rings. The van der Waals surface area contributed by atoms with E-state index in [9.17, 15) is 9.90 Å². The normalized spacial score (nSPS) is 11.2. The van der Waals surface area contributed by atoms with Crippen LogP contribution in [0.2, 0.25) is 0 Å². The fraction of sp³-hybridized carbons (Fsp3) is 0.370. The van der Waals surface area contributed by atoms with Crippen molar-refractivity contribution in [3.63, 3.8) is 0 Å². The number of rotatable bonds is 9. The van der Waals surface area contributed by atoms with Crippen molar-refractivity contribution >= 4 is 5.97 Å². The summed E-state index contributed by atoms with van der Waals surface area (Å²) in [6.45, 7) is 7.67. The van der Waals surface area contributed by atoms with E-state index >= 15 is 0 Å². The van der Waals surface area contributed by atoms with Gasteiger partial charge in [0.2, 0.25) is 5.75 Å². The van der Waals surface area contributed by atoms with Crippen LogP contribution >= 0.6 is 0 Å². The molecule has 7 nitrogen and oxygen atoms in total. The minimum Gasteiger partial charge on any atom is -0.497 e. The molecule has 2 aromatic carbocycles. The van der Waals surface area contributed by atoms with Crippen molar-refractivity contribution in [1.29, 1.82) is 0 Å². The number of hydrogen-bond donors (Lipinski definition) is 1. The third-order valence-corrected chi connectivity index (χ3v) is 4.98. The van der Waals surface area contributed by atoms with Crippen LogP contribution in [0.4, 0.5) is 0 Å². The molecule has 0 saturated heterocycles. The first-order valence-corrected chi connectivity index (χ1v) is 11.4. The van der Waals surface area contributed by atoms with Gasteiger partial charge in [0.1, 0.15) is 17.2 Å². The number of unbranched alkanes of at least 4 members (excludes halogenated alkanes) is 1. The summed E-state index contributed by atoms with van der Waals surface area (Å²) in [6.07, 6.45) is 1.93. The molecule has 1 aromatic heterocycles. The summed E-state index contributed by atoms with van der Waals surface area (Å²) in [6, 6.07) is 15.7. The first kappa shape index (κ1) is 25.0. The Morgan fingerprint density at radius 2 is 1.79 bits per heavy atom. The fourth-order valence-corrected chi connectivity index (χ4v) is 3.39. The highest BCUT2D eigenvalue weighted by atomic mass is 16.6. The van der Waals surface area contributed by atoms with E-state index in [4.69, 9.17) is 14.2 Å². The van der Waals surface area contributed by atoms with Gasteiger partial charge in [-0.1, -0.05) is 49.7 Å². The molecular weight excluding hydrogens is 432 g/mol. The minimum atomic E-state index is -0.730. The van der Waals surface area contributed by atoms with Crippen LogP contribution in [0, 0.1) is 0 Å². The van der Waals surface area contributed by atoms with Gasteiger partial charge in [-0.15, -0.1) is 0 Å². The zero-order valence-electron chi connectivity index (χ0n) is 20.4. The van der Waals surface area contributed by atoms with E-state index in [1.54, 1.807) is 27.9 Å². The summed E-state index contributed by atoms with van der Waals surface area (Å²) in [5.41, 5.74) is 2.08. The molecule has 3 rings (SSSR count). The number of carbonyl (C=O) groups is 1. The van der Waals surface area contributed by atoms with Crippen LogP contribution in [-0.4, -0.2) is 40.4 Å². The molecule has 0 fully saturated rings. The lowest BCUT2D eigenvalue weighted by Gasteiger charge is -2.20. The number of methoxy groups -OCH3 is 1. The van der Waals surface area contributed by atoms with Crippen molar-refractivity contribution in [3.05, 3.63) is 65.6 Å². The largest absolute Gasteiger partial charge is 0.497 e. The zero-order chi connectivity index (χ0) is 24.7. The summed E-state index contributed by atoms with van der Waals surface area (Å²) in [4.78, 5) is 21.7. The molecule has 1 heterocycles. The lowest BCUT2D eigenvalue weighted by atomic mass is 9.97. The highest BCUT2D eigenvalue weighted by molar-refractivity contribution is 5.91. The third kappa shape index (κ3) is 6.47. The average molecular weight is 465 g/mol. The van der Waals surface area contributed by atoms with E-state index in [-0.39, 0.29) is 29.6 Å². The van der Waals surface area contributed by atoms with Crippen LogP contribution < -0.4 is 9.47 Å². The second kappa shape index (κ2) is 11.0. The van der Waals surface area contributed by atoms with E-state index in [1.165, 1.54) is 0 Å². The number of esters is 1. The Bertz CT molecular complexity index is 1120. The highest BCUT2D eigenvalue weighted by Crippen LogP contribution is 2.32. The van der Waals surface area contributed by atoms with Gasteiger partial charge in [-0.05, 0) is 56.0 Å². The second-order valence-corrected chi connectivity index (χ2v) is 8.91. The number of hydrogen-bond acceptors (Lipinski definition) is 7. The Kier molecular flexibility index (Phi) is 8.10. The van der Waals surface area contributed by atoms with Gasteiger partial charge in [0.15, 0.2) is 5.69 Å². The summed E-state index contributed by atoms with van der Waals surface area (Å²) in [5.74, 6) is -0.157. The SMILES string of the molecule is CCCCOc1c(O)nc(Cc2cc(OC)ccc2-c2ccccc2)nc1C(=O)OC(C)(C)C. The molecule has 0 bridgehead atoms. The molecule has 0 saturated carbocycles. The van der Waals surface area contributed by atoms with E-state index < -0.39 is 11.6 Å². The molecule has 34 heavy (non-hydrogen) atoms. The Balaban J connectivity index is 2.04. The second-order valence-electron chi connectivity index (χ2n) is 8.91. The number of aromatic hydroxyl groups is 1. The van der Waals surface area contributed by atoms with Crippen molar-refractivity contribution in [3.8, 4) is 28.5 Å².